The Morgan fingerprint density at radius 3 is 2.94 bits per heavy atom. The van der Waals surface area contributed by atoms with Crippen LogP contribution in [0, 0.1) is 0 Å². The van der Waals surface area contributed by atoms with Crippen LogP contribution in [0.1, 0.15) is 30.0 Å². The minimum atomic E-state index is 0.855. The Kier molecular flexibility index (Phi) is 3.05. The Morgan fingerprint density at radius 2 is 2.11 bits per heavy atom. The number of fused-ring (bicyclic) bond motifs is 1. The van der Waals surface area contributed by atoms with Crippen LogP contribution in [-0.4, -0.2) is 9.78 Å². The summed E-state index contributed by atoms with van der Waals surface area (Å²) in [6.07, 6.45) is 5.82. The highest BCUT2D eigenvalue weighted by Gasteiger charge is 2.10. The molecule has 1 N–H and O–H groups in total. The van der Waals surface area contributed by atoms with E-state index in [1.54, 1.807) is 0 Å². The maximum Gasteiger partial charge on any atom is 0.148 e. The van der Waals surface area contributed by atoms with Crippen LogP contribution in [0.5, 0.6) is 0 Å². The van der Waals surface area contributed by atoms with Crippen LogP contribution in [0.25, 0.3) is 0 Å². The van der Waals surface area contributed by atoms with Crippen molar-refractivity contribution in [2.24, 2.45) is 0 Å². The van der Waals surface area contributed by atoms with E-state index in [1.807, 2.05) is 16.9 Å². The van der Waals surface area contributed by atoms with Crippen molar-refractivity contribution in [2.45, 2.75) is 39.3 Å². The SMILES string of the molecule is CCn1ccc(NCc2ccc3c(c2)CCC3)n1. The van der Waals surface area contributed by atoms with E-state index in [1.165, 1.54) is 36.0 Å². The molecule has 1 heterocycles. The Balaban J connectivity index is 1.66. The van der Waals surface area contributed by atoms with Crippen LogP contribution < -0.4 is 5.32 Å². The molecule has 1 aromatic carbocycles. The summed E-state index contributed by atoms with van der Waals surface area (Å²) in [5.74, 6) is 0.956. The zero-order chi connectivity index (χ0) is 12.4. The van der Waals surface area contributed by atoms with Gasteiger partial charge in [-0.2, -0.15) is 5.10 Å². The van der Waals surface area contributed by atoms with E-state index in [9.17, 15) is 0 Å². The number of rotatable bonds is 4. The molecule has 0 atom stereocenters. The van der Waals surface area contributed by atoms with Crippen LogP contribution in [-0.2, 0) is 25.9 Å². The molecule has 0 bridgehead atoms. The lowest BCUT2D eigenvalue weighted by atomic mass is 10.1. The fraction of sp³-hybridized carbons (Fsp3) is 0.400. The summed E-state index contributed by atoms with van der Waals surface area (Å²) in [5.41, 5.74) is 4.42. The third-order valence-corrected chi connectivity index (χ3v) is 3.60. The Labute approximate surface area is 108 Å². The van der Waals surface area contributed by atoms with Gasteiger partial charge in [-0.05, 0) is 42.9 Å². The molecule has 18 heavy (non-hydrogen) atoms. The first-order valence-electron chi connectivity index (χ1n) is 6.73. The number of nitrogens with zero attached hydrogens (tertiary/aromatic N) is 2. The summed E-state index contributed by atoms with van der Waals surface area (Å²) < 4.78 is 1.94. The minimum absolute atomic E-state index is 0.855. The molecule has 0 aliphatic heterocycles. The summed E-state index contributed by atoms with van der Waals surface area (Å²) in [5, 5.41) is 7.80. The molecule has 1 aromatic heterocycles. The Morgan fingerprint density at radius 1 is 1.22 bits per heavy atom. The first-order valence-corrected chi connectivity index (χ1v) is 6.73. The first kappa shape index (κ1) is 11.3. The molecule has 0 unspecified atom stereocenters. The third-order valence-electron chi connectivity index (χ3n) is 3.60. The normalized spacial score (nSPS) is 13.6. The maximum atomic E-state index is 4.42. The minimum Gasteiger partial charge on any atom is -0.365 e. The van der Waals surface area contributed by atoms with Crippen molar-refractivity contribution in [1.82, 2.24) is 9.78 Å². The zero-order valence-electron chi connectivity index (χ0n) is 10.8. The van der Waals surface area contributed by atoms with Gasteiger partial charge in [-0.1, -0.05) is 18.2 Å². The van der Waals surface area contributed by atoms with Crippen LogP contribution in [0.2, 0.25) is 0 Å². The largest absolute Gasteiger partial charge is 0.365 e. The van der Waals surface area contributed by atoms with E-state index < -0.39 is 0 Å². The molecule has 1 aliphatic rings. The van der Waals surface area contributed by atoms with Crippen LogP contribution >= 0.6 is 0 Å². The fourth-order valence-corrected chi connectivity index (χ4v) is 2.56. The lowest BCUT2D eigenvalue weighted by molar-refractivity contribution is 0.661. The molecular formula is C15H19N3. The average Bonchev–Trinajstić information content (AvgIpc) is 3.04. The van der Waals surface area contributed by atoms with Gasteiger partial charge in [0.1, 0.15) is 5.82 Å². The molecule has 94 valence electrons. The standard InChI is InChI=1S/C15H19N3/c1-2-18-9-8-15(17-18)16-11-12-6-7-13-4-3-5-14(13)10-12/h6-10H,2-5,11H2,1H3,(H,16,17). The van der Waals surface area contributed by atoms with Crippen molar-refractivity contribution < 1.29 is 0 Å². The molecule has 2 aromatic rings. The molecule has 0 radical (unpaired) electrons. The Hall–Kier alpha value is -1.77. The molecule has 1 aliphatic carbocycles. The number of aryl methyl sites for hydroxylation is 3. The molecule has 3 nitrogen and oxygen atoms in total. The highest BCUT2D eigenvalue weighted by Crippen LogP contribution is 2.23. The van der Waals surface area contributed by atoms with Gasteiger partial charge in [0, 0.05) is 25.4 Å². The molecule has 0 amide bonds. The molecule has 0 saturated carbocycles. The van der Waals surface area contributed by atoms with E-state index in [0.29, 0.717) is 0 Å². The van der Waals surface area contributed by atoms with Crippen molar-refractivity contribution in [3.05, 3.63) is 47.2 Å². The van der Waals surface area contributed by atoms with E-state index in [2.05, 4.69) is 35.5 Å². The number of benzene rings is 1. The molecule has 0 spiro atoms. The van der Waals surface area contributed by atoms with Gasteiger partial charge in [-0.3, -0.25) is 4.68 Å². The zero-order valence-corrected chi connectivity index (χ0v) is 10.8. The predicted molar refractivity (Wildman–Crippen MR) is 73.7 cm³/mol. The monoisotopic (exact) mass is 241 g/mol. The van der Waals surface area contributed by atoms with Gasteiger partial charge < -0.3 is 5.32 Å². The van der Waals surface area contributed by atoms with Crippen molar-refractivity contribution in [3.63, 3.8) is 0 Å². The summed E-state index contributed by atoms with van der Waals surface area (Å²) in [4.78, 5) is 0. The number of nitrogens with one attached hydrogen (secondary N) is 1. The summed E-state index contributed by atoms with van der Waals surface area (Å²) in [6, 6.07) is 8.88. The third kappa shape index (κ3) is 2.26. The van der Waals surface area contributed by atoms with Gasteiger partial charge in [-0.15, -0.1) is 0 Å². The molecular weight excluding hydrogens is 222 g/mol. The fourth-order valence-electron chi connectivity index (χ4n) is 2.56. The predicted octanol–water partition coefficient (Wildman–Crippen LogP) is 3.00. The van der Waals surface area contributed by atoms with Crippen LogP contribution in [0.15, 0.2) is 30.5 Å². The van der Waals surface area contributed by atoms with Gasteiger partial charge in [0.2, 0.25) is 0 Å². The number of anilines is 1. The van der Waals surface area contributed by atoms with E-state index in [0.717, 1.165) is 18.9 Å². The number of hydrogen-bond acceptors (Lipinski definition) is 2. The average molecular weight is 241 g/mol. The quantitative estimate of drug-likeness (QED) is 0.891. The highest BCUT2D eigenvalue weighted by atomic mass is 15.3. The van der Waals surface area contributed by atoms with Crippen molar-refractivity contribution in [1.29, 1.82) is 0 Å². The van der Waals surface area contributed by atoms with Crippen LogP contribution in [0.4, 0.5) is 5.82 Å². The van der Waals surface area contributed by atoms with Crippen molar-refractivity contribution in [3.8, 4) is 0 Å². The molecule has 0 fully saturated rings. The smallest absolute Gasteiger partial charge is 0.148 e. The second kappa shape index (κ2) is 4.84. The summed E-state index contributed by atoms with van der Waals surface area (Å²) in [6.45, 7) is 3.87. The van der Waals surface area contributed by atoms with Gasteiger partial charge in [0.25, 0.3) is 0 Å². The first-order chi connectivity index (χ1) is 8.85. The lowest BCUT2D eigenvalue weighted by Gasteiger charge is -2.06. The Bertz CT molecular complexity index is 542. The van der Waals surface area contributed by atoms with Crippen LogP contribution in [0.3, 0.4) is 0 Å². The van der Waals surface area contributed by atoms with Crippen molar-refractivity contribution >= 4 is 5.82 Å². The number of hydrogen-bond donors (Lipinski definition) is 1. The summed E-state index contributed by atoms with van der Waals surface area (Å²) >= 11 is 0. The lowest BCUT2D eigenvalue weighted by Crippen LogP contribution is -2.02. The molecule has 0 saturated heterocycles. The second-order valence-electron chi connectivity index (χ2n) is 4.87. The molecule has 3 heteroatoms. The molecule has 3 rings (SSSR count). The van der Waals surface area contributed by atoms with Crippen molar-refractivity contribution in [2.75, 3.05) is 5.32 Å². The summed E-state index contributed by atoms with van der Waals surface area (Å²) in [7, 11) is 0. The van der Waals surface area contributed by atoms with Gasteiger partial charge in [0.15, 0.2) is 0 Å². The maximum absolute atomic E-state index is 4.42. The number of aromatic nitrogens is 2. The second-order valence-corrected chi connectivity index (χ2v) is 4.87. The van der Waals surface area contributed by atoms with Gasteiger partial charge >= 0.3 is 0 Å². The van der Waals surface area contributed by atoms with E-state index in [-0.39, 0.29) is 0 Å². The van der Waals surface area contributed by atoms with Gasteiger partial charge in [-0.25, -0.2) is 0 Å². The van der Waals surface area contributed by atoms with E-state index >= 15 is 0 Å². The van der Waals surface area contributed by atoms with E-state index in [4.69, 9.17) is 0 Å². The topological polar surface area (TPSA) is 29.9 Å². The highest BCUT2D eigenvalue weighted by molar-refractivity contribution is 5.38. The van der Waals surface area contributed by atoms with Gasteiger partial charge in [0.05, 0.1) is 0 Å².